The number of hydrogen-bond donors (Lipinski definition) is 5. The molecule has 2 fully saturated rings. The maximum atomic E-state index is 13.1. The van der Waals surface area contributed by atoms with E-state index in [1.807, 2.05) is 60.7 Å². The van der Waals surface area contributed by atoms with Gasteiger partial charge in [-0.25, -0.2) is 4.98 Å². The SMILES string of the molecule is CS(=O)c1ccc(-c2cccc(N=C(N)Nc3ccc(N4CCN(C(O)CCCCCCNc5ccc6c(c5)C(=O)N(C5CCC(=O)NC5=O)C6=O)CC4)cc3)n2)cc1. The van der Waals surface area contributed by atoms with Gasteiger partial charge in [-0.15, -0.1) is 0 Å². The van der Waals surface area contributed by atoms with Crippen LogP contribution in [0.1, 0.15) is 65.7 Å². The summed E-state index contributed by atoms with van der Waals surface area (Å²) in [5, 5.41) is 19.6. The molecule has 3 aromatic carbocycles. The molecule has 1 aromatic heterocycles. The molecule has 0 bridgehead atoms. The number of aromatic nitrogens is 1. The minimum atomic E-state index is -1.04. The molecule has 59 heavy (non-hydrogen) atoms. The Bertz CT molecular complexity index is 2240. The zero-order chi connectivity index (χ0) is 41.5. The van der Waals surface area contributed by atoms with Crippen LogP contribution in [0, 0.1) is 0 Å². The van der Waals surface area contributed by atoms with Crippen molar-refractivity contribution in [1.29, 1.82) is 0 Å². The van der Waals surface area contributed by atoms with E-state index in [1.54, 1.807) is 30.5 Å². The lowest BCUT2D eigenvalue weighted by Crippen LogP contribution is -2.54. The number of piperazine rings is 1. The third-order valence-electron chi connectivity index (χ3n) is 10.9. The quantitative estimate of drug-likeness (QED) is 0.0489. The van der Waals surface area contributed by atoms with Gasteiger partial charge in [0.05, 0.1) is 16.8 Å². The lowest BCUT2D eigenvalue weighted by Gasteiger charge is -2.38. The zero-order valence-electron chi connectivity index (χ0n) is 32.9. The molecule has 2 saturated heterocycles. The van der Waals surface area contributed by atoms with E-state index in [0.29, 0.717) is 18.8 Å². The van der Waals surface area contributed by atoms with E-state index in [9.17, 15) is 28.5 Å². The third kappa shape index (κ3) is 10.0. The summed E-state index contributed by atoms with van der Waals surface area (Å²) in [6.45, 7) is 3.82. The smallest absolute Gasteiger partial charge is 0.262 e. The molecule has 4 heterocycles. The molecule has 16 heteroatoms. The maximum Gasteiger partial charge on any atom is 0.262 e. The first-order valence-electron chi connectivity index (χ1n) is 19.9. The minimum Gasteiger partial charge on any atom is -0.385 e. The predicted molar refractivity (Wildman–Crippen MR) is 228 cm³/mol. The number of hydrogen-bond acceptors (Lipinski definition) is 11. The summed E-state index contributed by atoms with van der Waals surface area (Å²) in [5.41, 5.74) is 11.0. The van der Waals surface area contributed by atoms with Crippen molar-refractivity contribution in [3.05, 3.63) is 96.1 Å². The number of pyridine rings is 1. The molecule has 0 saturated carbocycles. The molecule has 3 aliphatic heterocycles. The van der Waals surface area contributed by atoms with Crippen LogP contribution in [-0.2, 0) is 20.4 Å². The monoisotopic (exact) mass is 819 g/mol. The topological polar surface area (TPSA) is 203 Å². The van der Waals surface area contributed by atoms with Crippen LogP contribution in [0.5, 0.6) is 0 Å². The largest absolute Gasteiger partial charge is 0.385 e. The Morgan fingerprint density at radius 3 is 2.34 bits per heavy atom. The van der Waals surface area contributed by atoms with E-state index in [0.717, 1.165) is 90.0 Å². The predicted octanol–water partition coefficient (Wildman–Crippen LogP) is 4.45. The average Bonchev–Trinajstić information content (AvgIpc) is 3.48. The molecule has 7 rings (SSSR count). The van der Waals surface area contributed by atoms with Gasteiger partial charge in [0.2, 0.25) is 11.8 Å². The number of rotatable bonds is 15. The lowest BCUT2D eigenvalue weighted by atomic mass is 10.0. The van der Waals surface area contributed by atoms with Crippen molar-refractivity contribution in [3.8, 4) is 11.3 Å². The van der Waals surface area contributed by atoms with Gasteiger partial charge in [-0.3, -0.25) is 38.5 Å². The van der Waals surface area contributed by atoms with Crippen molar-refractivity contribution >= 4 is 63.3 Å². The molecule has 0 radical (unpaired) electrons. The van der Waals surface area contributed by atoms with Gasteiger partial charge in [0.25, 0.3) is 11.8 Å². The molecule has 15 nitrogen and oxygen atoms in total. The average molecular weight is 820 g/mol. The summed E-state index contributed by atoms with van der Waals surface area (Å²) in [5.74, 6) is -1.38. The summed E-state index contributed by atoms with van der Waals surface area (Å²) in [4.78, 5) is 65.1. The van der Waals surface area contributed by atoms with Gasteiger partial charge in [0.15, 0.2) is 11.8 Å². The highest BCUT2D eigenvalue weighted by atomic mass is 32.2. The van der Waals surface area contributed by atoms with Crippen molar-refractivity contribution in [2.75, 3.05) is 54.5 Å². The van der Waals surface area contributed by atoms with Gasteiger partial charge < -0.3 is 26.4 Å². The Hall–Kier alpha value is -5.97. The summed E-state index contributed by atoms with van der Waals surface area (Å²) >= 11 is 0. The van der Waals surface area contributed by atoms with Crippen molar-refractivity contribution in [2.45, 2.75) is 62.1 Å². The number of aliphatic hydroxyl groups excluding tert-OH is 1. The number of nitrogens with two attached hydrogens (primary N) is 1. The molecule has 0 spiro atoms. The van der Waals surface area contributed by atoms with E-state index in [2.05, 4.69) is 35.7 Å². The lowest BCUT2D eigenvalue weighted by molar-refractivity contribution is -0.136. The molecule has 6 N–H and O–H groups in total. The molecular weight excluding hydrogens is 771 g/mol. The highest BCUT2D eigenvalue weighted by molar-refractivity contribution is 7.84. The molecule has 3 atom stereocenters. The third-order valence-corrected chi connectivity index (χ3v) is 11.8. The summed E-state index contributed by atoms with van der Waals surface area (Å²) in [6.07, 6.45) is 5.84. The summed E-state index contributed by atoms with van der Waals surface area (Å²) in [7, 11) is -1.04. The van der Waals surface area contributed by atoms with E-state index in [1.165, 1.54) is 0 Å². The number of unbranched alkanes of at least 4 members (excludes halogenated alkanes) is 3. The first kappa shape index (κ1) is 41.2. The van der Waals surface area contributed by atoms with Gasteiger partial charge in [-0.1, -0.05) is 31.0 Å². The van der Waals surface area contributed by atoms with E-state index in [-0.39, 0.29) is 29.9 Å². The highest BCUT2D eigenvalue weighted by Crippen LogP contribution is 2.30. The van der Waals surface area contributed by atoms with Crippen LogP contribution in [0.25, 0.3) is 11.3 Å². The molecule has 4 aromatic rings. The second-order valence-electron chi connectivity index (χ2n) is 14.9. The van der Waals surface area contributed by atoms with E-state index in [4.69, 9.17) is 5.73 Å². The van der Waals surface area contributed by atoms with E-state index >= 15 is 0 Å². The number of amides is 4. The van der Waals surface area contributed by atoms with Crippen molar-refractivity contribution in [2.24, 2.45) is 10.7 Å². The molecule has 3 unspecified atom stereocenters. The number of fused-ring (bicyclic) bond motifs is 1. The number of carbonyl (C=O) groups is 4. The Kier molecular flexibility index (Phi) is 13.1. The Morgan fingerprint density at radius 1 is 0.898 bits per heavy atom. The number of imide groups is 2. The van der Waals surface area contributed by atoms with Crippen LogP contribution in [0.2, 0.25) is 0 Å². The number of piperidine rings is 1. The van der Waals surface area contributed by atoms with Crippen LogP contribution in [0.15, 0.2) is 94.8 Å². The minimum absolute atomic E-state index is 0.0813. The fraction of sp³-hybridized carbons (Fsp3) is 0.349. The van der Waals surface area contributed by atoms with Crippen LogP contribution < -0.4 is 26.6 Å². The first-order valence-corrected chi connectivity index (χ1v) is 21.5. The molecular formula is C43H49N9O6S. The summed E-state index contributed by atoms with van der Waals surface area (Å²) < 4.78 is 11.7. The van der Waals surface area contributed by atoms with Gasteiger partial charge in [-0.05, 0) is 92.4 Å². The fourth-order valence-electron chi connectivity index (χ4n) is 7.60. The molecule has 0 aliphatic carbocycles. The number of nitrogens with zero attached hydrogens (tertiary/aromatic N) is 5. The number of nitrogens with one attached hydrogen (secondary N) is 3. The number of carbonyl (C=O) groups excluding carboxylic acids is 4. The number of aliphatic hydroxyl groups is 1. The maximum absolute atomic E-state index is 13.1. The van der Waals surface area contributed by atoms with E-state index < -0.39 is 46.7 Å². The van der Waals surface area contributed by atoms with Gasteiger partial charge >= 0.3 is 0 Å². The first-order chi connectivity index (χ1) is 28.5. The highest BCUT2D eigenvalue weighted by Gasteiger charge is 2.44. The Balaban J connectivity index is 0.785. The van der Waals surface area contributed by atoms with Gasteiger partial charge in [0, 0.05) is 83.7 Å². The normalized spacial score (nSPS) is 18.4. The van der Waals surface area contributed by atoms with Crippen LogP contribution in [-0.4, -0.2) is 105 Å². The van der Waals surface area contributed by atoms with Crippen LogP contribution in [0.4, 0.5) is 22.9 Å². The van der Waals surface area contributed by atoms with Crippen LogP contribution >= 0.6 is 0 Å². The number of benzene rings is 3. The number of guanidine groups is 1. The van der Waals surface area contributed by atoms with Crippen molar-refractivity contribution in [3.63, 3.8) is 0 Å². The zero-order valence-corrected chi connectivity index (χ0v) is 33.7. The van der Waals surface area contributed by atoms with Gasteiger partial charge in [-0.2, -0.15) is 4.99 Å². The van der Waals surface area contributed by atoms with Crippen molar-refractivity contribution < 1.29 is 28.5 Å². The molecule has 308 valence electrons. The fourth-order valence-corrected chi connectivity index (χ4v) is 8.12. The Labute approximate surface area is 345 Å². The Morgan fingerprint density at radius 2 is 1.61 bits per heavy atom. The number of aliphatic imine (C=N–C) groups is 1. The second-order valence-corrected chi connectivity index (χ2v) is 16.2. The van der Waals surface area contributed by atoms with Gasteiger partial charge in [0.1, 0.15) is 12.3 Å². The van der Waals surface area contributed by atoms with Crippen LogP contribution in [0.3, 0.4) is 0 Å². The number of anilines is 3. The molecule has 4 amide bonds. The van der Waals surface area contributed by atoms with Crippen molar-refractivity contribution in [1.82, 2.24) is 20.1 Å². The standard InChI is InChI=1S/C43H49N9O6S/c1-59(58)32-17-10-28(11-18-32)35-7-6-8-37(47-35)48-43(44)46-29-12-15-31(16-13-29)50-23-25-51(26-24-50)39(54)9-4-2-3-5-22-45-30-14-19-33-34(27-30)42(57)52(41(33)56)36-20-21-38(53)49-40(36)55/h6-8,10-19,27,36,39,45,54H,2-5,9,20-26H2,1H3,(H,49,53,55)(H3,44,46,47,48). The summed E-state index contributed by atoms with van der Waals surface area (Å²) in [6, 6.07) is 25.1. The molecule has 3 aliphatic rings. The second kappa shape index (κ2) is 18.7.